The number of H-pyrrole nitrogens is 1. The van der Waals surface area contributed by atoms with Crippen molar-refractivity contribution in [1.29, 1.82) is 0 Å². The molecule has 0 aliphatic carbocycles. The fraction of sp³-hybridized carbons (Fsp3) is 0.200. The van der Waals surface area contributed by atoms with Crippen molar-refractivity contribution in [2.75, 3.05) is 11.9 Å². The third kappa shape index (κ3) is 5.14. The van der Waals surface area contributed by atoms with Crippen molar-refractivity contribution in [3.63, 3.8) is 0 Å². The third-order valence-electron chi connectivity index (χ3n) is 5.55. The first-order valence-electron chi connectivity index (χ1n) is 10.6. The molecule has 0 fully saturated rings. The summed E-state index contributed by atoms with van der Waals surface area (Å²) >= 11 is 0. The highest BCUT2D eigenvalue weighted by molar-refractivity contribution is 5.86. The Hall–Kier alpha value is -4.01. The Labute approximate surface area is 193 Å². The van der Waals surface area contributed by atoms with Crippen LogP contribution in [0, 0.1) is 17.0 Å². The van der Waals surface area contributed by atoms with E-state index in [0.29, 0.717) is 31.4 Å². The normalized spacial score (nSPS) is 11.5. The second-order valence-electron chi connectivity index (χ2n) is 7.87. The lowest BCUT2D eigenvalue weighted by atomic mass is 10.1. The number of benzene rings is 3. The number of anilines is 1. The van der Waals surface area contributed by atoms with E-state index in [-0.39, 0.29) is 5.69 Å². The number of aromatic amines is 1. The molecule has 0 unspecified atom stereocenters. The summed E-state index contributed by atoms with van der Waals surface area (Å²) < 4.78 is 44.7. The van der Waals surface area contributed by atoms with E-state index < -0.39 is 22.4 Å². The number of hydrogen-bond donors (Lipinski definition) is 2. The van der Waals surface area contributed by atoms with E-state index >= 15 is 0 Å². The number of nitro benzene ring substituents is 1. The Morgan fingerprint density at radius 3 is 2.53 bits per heavy atom. The van der Waals surface area contributed by atoms with Crippen molar-refractivity contribution in [2.24, 2.45) is 0 Å². The summed E-state index contributed by atoms with van der Waals surface area (Å²) in [6, 6.07) is 18.0. The Morgan fingerprint density at radius 2 is 1.82 bits per heavy atom. The lowest BCUT2D eigenvalue weighted by molar-refractivity contribution is -0.384. The van der Waals surface area contributed by atoms with Gasteiger partial charge in [-0.2, -0.15) is 13.2 Å². The number of rotatable bonds is 8. The van der Waals surface area contributed by atoms with Gasteiger partial charge in [0.2, 0.25) is 0 Å². The van der Waals surface area contributed by atoms with Gasteiger partial charge in [0.05, 0.1) is 10.5 Å². The summed E-state index contributed by atoms with van der Waals surface area (Å²) in [6.07, 6.45) is -4.14. The minimum absolute atomic E-state index is 0.0439. The van der Waals surface area contributed by atoms with Gasteiger partial charge in [-0.1, -0.05) is 30.3 Å². The van der Waals surface area contributed by atoms with Gasteiger partial charge in [-0.25, -0.2) is 0 Å². The summed E-state index contributed by atoms with van der Waals surface area (Å²) in [6.45, 7) is 2.67. The first kappa shape index (κ1) is 23.2. The molecule has 4 aromatic rings. The van der Waals surface area contributed by atoms with Gasteiger partial charge in [-0.05, 0) is 54.8 Å². The summed E-state index contributed by atoms with van der Waals surface area (Å²) in [4.78, 5) is 13.8. The van der Waals surface area contributed by atoms with E-state index in [4.69, 9.17) is 4.74 Å². The predicted molar refractivity (Wildman–Crippen MR) is 124 cm³/mol. The average Bonchev–Trinajstić information content (AvgIpc) is 3.12. The minimum atomic E-state index is -4.65. The number of aromatic nitrogens is 1. The van der Waals surface area contributed by atoms with Gasteiger partial charge in [0.15, 0.2) is 0 Å². The number of hydrogen-bond acceptors (Lipinski definition) is 4. The van der Waals surface area contributed by atoms with Crippen LogP contribution in [-0.4, -0.2) is 16.5 Å². The number of alkyl halides is 3. The minimum Gasteiger partial charge on any atom is -0.489 e. The first-order valence-corrected chi connectivity index (χ1v) is 10.6. The Kier molecular flexibility index (Phi) is 6.45. The molecule has 4 rings (SSSR count). The molecule has 0 aliphatic heterocycles. The molecular weight excluding hydrogens is 447 g/mol. The molecule has 2 N–H and O–H groups in total. The van der Waals surface area contributed by atoms with Gasteiger partial charge in [0.25, 0.3) is 5.69 Å². The van der Waals surface area contributed by atoms with Crippen LogP contribution in [0.25, 0.3) is 10.9 Å². The van der Waals surface area contributed by atoms with Crippen molar-refractivity contribution in [3.8, 4) is 5.75 Å². The van der Waals surface area contributed by atoms with Crippen LogP contribution in [0.1, 0.15) is 22.4 Å². The lowest BCUT2D eigenvalue weighted by Gasteiger charge is -2.11. The molecule has 1 aromatic heterocycles. The number of halogens is 3. The maximum atomic E-state index is 12.9. The highest BCUT2D eigenvalue weighted by atomic mass is 19.4. The average molecular weight is 469 g/mol. The number of nitrogens with one attached hydrogen (secondary N) is 2. The topological polar surface area (TPSA) is 80.2 Å². The van der Waals surface area contributed by atoms with Crippen LogP contribution in [0.4, 0.5) is 24.5 Å². The maximum Gasteiger partial charge on any atom is 0.416 e. The molecule has 0 saturated heterocycles. The molecule has 9 heteroatoms. The molecular formula is C25H22F3N3O3. The first-order chi connectivity index (χ1) is 16.2. The van der Waals surface area contributed by atoms with Gasteiger partial charge in [-0.3, -0.25) is 10.1 Å². The Morgan fingerprint density at radius 1 is 1.06 bits per heavy atom. The fourth-order valence-corrected chi connectivity index (χ4v) is 3.85. The second kappa shape index (κ2) is 9.46. The van der Waals surface area contributed by atoms with Crippen molar-refractivity contribution in [3.05, 3.63) is 99.2 Å². The monoisotopic (exact) mass is 469 g/mol. The smallest absolute Gasteiger partial charge is 0.416 e. The van der Waals surface area contributed by atoms with Crippen LogP contribution in [-0.2, 0) is 19.2 Å². The molecule has 0 spiro atoms. The number of nitro groups is 1. The van der Waals surface area contributed by atoms with Gasteiger partial charge in [-0.15, -0.1) is 0 Å². The molecule has 0 radical (unpaired) electrons. The summed E-state index contributed by atoms with van der Waals surface area (Å²) in [5.74, 6) is 0.711. The van der Waals surface area contributed by atoms with Crippen LogP contribution in [0.5, 0.6) is 5.75 Å². The van der Waals surface area contributed by atoms with Gasteiger partial charge >= 0.3 is 6.18 Å². The highest BCUT2D eigenvalue weighted by Gasteiger charge is 2.33. The molecule has 1 heterocycles. The predicted octanol–water partition coefficient (Wildman–Crippen LogP) is 6.64. The van der Waals surface area contributed by atoms with Gasteiger partial charge in [0, 0.05) is 29.2 Å². The van der Waals surface area contributed by atoms with Gasteiger partial charge in [0.1, 0.15) is 18.0 Å². The molecule has 0 bridgehead atoms. The lowest BCUT2D eigenvalue weighted by Crippen LogP contribution is -2.10. The van der Waals surface area contributed by atoms with Crippen molar-refractivity contribution in [1.82, 2.24) is 4.98 Å². The summed E-state index contributed by atoms with van der Waals surface area (Å²) in [5, 5.41) is 15.2. The number of ether oxygens (including phenoxy) is 1. The van der Waals surface area contributed by atoms with E-state index in [2.05, 4.69) is 10.3 Å². The zero-order valence-electron chi connectivity index (χ0n) is 18.3. The number of nitrogens with zero attached hydrogens (tertiary/aromatic N) is 1. The van der Waals surface area contributed by atoms with E-state index in [9.17, 15) is 23.3 Å². The second-order valence-corrected chi connectivity index (χ2v) is 7.87. The molecule has 0 amide bonds. The van der Waals surface area contributed by atoms with Crippen LogP contribution < -0.4 is 10.1 Å². The van der Waals surface area contributed by atoms with Crippen LogP contribution in [0.2, 0.25) is 0 Å². The zero-order chi connectivity index (χ0) is 24.3. The molecule has 0 saturated carbocycles. The van der Waals surface area contributed by atoms with E-state index in [1.807, 2.05) is 55.5 Å². The van der Waals surface area contributed by atoms with E-state index in [1.165, 1.54) is 0 Å². The maximum absolute atomic E-state index is 12.9. The fourth-order valence-electron chi connectivity index (χ4n) is 3.85. The highest BCUT2D eigenvalue weighted by Crippen LogP contribution is 2.35. The Balaban J connectivity index is 1.49. The molecule has 6 nitrogen and oxygen atoms in total. The molecule has 176 valence electrons. The van der Waals surface area contributed by atoms with Crippen LogP contribution in [0.3, 0.4) is 0 Å². The standard InChI is InChI=1S/C25H22F3N3O3/c1-16-20(11-12-29-23-9-7-18(25(26,27)28)13-24(23)31(32)33)21-14-19(8-10-22(21)30-16)34-15-17-5-3-2-4-6-17/h2-10,13-14,29-30H,11-12,15H2,1H3. The quantitative estimate of drug-likeness (QED) is 0.224. The third-order valence-corrected chi connectivity index (χ3v) is 5.55. The zero-order valence-corrected chi connectivity index (χ0v) is 18.3. The van der Waals surface area contributed by atoms with Gasteiger partial charge < -0.3 is 15.0 Å². The van der Waals surface area contributed by atoms with Crippen molar-refractivity contribution >= 4 is 22.3 Å². The van der Waals surface area contributed by atoms with Crippen LogP contribution in [0.15, 0.2) is 66.7 Å². The molecule has 0 aliphatic rings. The number of aryl methyl sites for hydroxylation is 1. The van der Waals surface area contributed by atoms with Crippen LogP contribution >= 0.6 is 0 Å². The van der Waals surface area contributed by atoms with Crippen molar-refractivity contribution < 1.29 is 22.8 Å². The van der Waals surface area contributed by atoms with E-state index in [0.717, 1.165) is 39.9 Å². The Bertz CT molecular complexity index is 1320. The summed E-state index contributed by atoms with van der Waals surface area (Å²) in [7, 11) is 0. The summed E-state index contributed by atoms with van der Waals surface area (Å²) in [5.41, 5.74) is 2.31. The van der Waals surface area contributed by atoms with E-state index in [1.54, 1.807) is 0 Å². The molecule has 0 atom stereocenters. The molecule has 34 heavy (non-hydrogen) atoms. The largest absolute Gasteiger partial charge is 0.489 e. The SMILES string of the molecule is Cc1[nH]c2ccc(OCc3ccccc3)cc2c1CCNc1ccc(C(F)(F)F)cc1[N+](=O)[O-]. The number of fused-ring (bicyclic) bond motifs is 1. The molecule has 3 aromatic carbocycles. The van der Waals surface area contributed by atoms with Crippen molar-refractivity contribution in [2.45, 2.75) is 26.1 Å².